The summed E-state index contributed by atoms with van der Waals surface area (Å²) in [6, 6.07) is 17.2. The maximum absolute atomic E-state index is 12.9. The predicted octanol–water partition coefficient (Wildman–Crippen LogP) is 9.12. The molecule has 0 heterocycles. The molecule has 0 saturated heterocycles. The van der Waals surface area contributed by atoms with Crippen LogP contribution in [0, 0.1) is 6.92 Å². The fourth-order valence-corrected chi connectivity index (χ4v) is 5.50. The standard InChI is InChI=1S/C29H31F3O3S/c1-5-7-8-27(36-28-18-17-26(35-34-20(4)33)19(3)25(28)6-2)23-11-9-21(10-12-23)22-13-15-24(16-14-22)29(30,31)32/h9-18,27H,5-8H2,1-4H3/t27-/m0/s1. The van der Waals surface area contributed by atoms with E-state index in [-0.39, 0.29) is 5.25 Å². The largest absolute Gasteiger partial charge is 0.416 e. The molecule has 0 fully saturated rings. The number of rotatable bonds is 10. The molecule has 192 valence electrons. The maximum Gasteiger partial charge on any atom is 0.416 e. The smallest absolute Gasteiger partial charge is 0.287 e. The van der Waals surface area contributed by atoms with E-state index >= 15 is 0 Å². The highest BCUT2D eigenvalue weighted by molar-refractivity contribution is 7.99. The summed E-state index contributed by atoms with van der Waals surface area (Å²) < 4.78 is 38.7. The van der Waals surface area contributed by atoms with E-state index in [0.29, 0.717) is 5.75 Å². The number of benzene rings is 3. The van der Waals surface area contributed by atoms with Gasteiger partial charge in [-0.05, 0) is 66.3 Å². The van der Waals surface area contributed by atoms with Crippen molar-refractivity contribution in [3.8, 4) is 16.9 Å². The summed E-state index contributed by atoms with van der Waals surface area (Å²) in [5.41, 5.74) is 4.24. The van der Waals surface area contributed by atoms with Crippen LogP contribution in [0.5, 0.6) is 5.75 Å². The fourth-order valence-electron chi connectivity index (χ4n) is 4.03. The number of unbranched alkanes of at least 4 members (excludes halogenated alkanes) is 1. The maximum atomic E-state index is 12.9. The average molecular weight is 517 g/mol. The molecule has 3 nitrogen and oxygen atoms in total. The molecule has 0 amide bonds. The lowest BCUT2D eigenvalue weighted by molar-refractivity contribution is -0.211. The average Bonchev–Trinajstić information content (AvgIpc) is 2.85. The number of hydrogen-bond donors (Lipinski definition) is 0. The van der Waals surface area contributed by atoms with Crippen molar-refractivity contribution < 1.29 is 27.7 Å². The second-order valence-electron chi connectivity index (χ2n) is 8.62. The summed E-state index contributed by atoms with van der Waals surface area (Å²) >= 11 is 1.80. The summed E-state index contributed by atoms with van der Waals surface area (Å²) in [6.07, 6.45) is -0.387. The first kappa shape index (κ1) is 27.7. The van der Waals surface area contributed by atoms with E-state index in [1.54, 1.807) is 11.8 Å². The number of halogens is 3. The van der Waals surface area contributed by atoms with Crippen LogP contribution in [0.1, 0.15) is 67.5 Å². The molecule has 0 N–H and O–H groups in total. The van der Waals surface area contributed by atoms with Gasteiger partial charge in [-0.1, -0.05) is 63.1 Å². The van der Waals surface area contributed by atoms with Gasteiger partial charge in [0.1, 0.15) is 0 Å². The predicted molar refractivity (Wildman–Crippen MR) is 138 cm³/mol. The molecular formula is C29H31F3O3S. The Balaban J connectivity index is 1.84. The van der Waals surface area contributed by atoms with Gasteiger partial charge in [-0.3, -0.25) is 9.78 Å². The summed E-state index contributed by atoms with van der Waals surface area (Å²) in [5.74, 6) is 0.0164. The quantitative estimate of drug-likeness (QED) is 0.153. The Hall–Kier alpha value is -2.93. The zero-order valence-corrected chi connectivity index (χ0v) is 21.8. The summed E-state index contributed by atoms with van der Waals surface area (Å²) in [5, 5.41) is 0.219. The van der Waals surface area contributed by atoms with Gasteiger partial charge < -0.3 is 0 Å². The molecule has 0 aliphatic carbocycles. The number of hydrogen-bond acceptors (Lipinski definition) is 4. The van der Waals surface area contributed by atoms with Crippen LogP contribution in [0.2, 0.25) is 0 Å². The molecule has 0 bridgehead atoms. The molecule has 0 aliphatic heterocycles. The van der Waals surface area contributed by atoms with Crippen molar-refractivity contribution in [1.29, 1.82) is 0 Å². The lowest BCUT2D eigenvalue weighted by Gasteiger charge is -2.21. The summed E-state index contributed by atoms with van der Waals surface area (Å²) in [6.45, 7) is 7.50. The van der Waals surface area contributed by atoms with E-state index in [0.717, 1.165) is 65.0 Å². The van der Waals surface area contributed by atoms with Gasteiger partial charge in [-0.15, -0.1) is 11.8 Å². The Morgan fingerprint density at radius 3 is 2.08 bits per heavy atom. The fraction of sp³-hybridized carbons (Fsp3) is 0.345. The second-order valence-corrected chi connectivity index (χ2v) is 9.87. The minimum atomic E-state index is -4.34. The topological polar surface area (TPSA) is 35.5 Å². The highest BCUT2D eigenvalue weighted by atomic mass is 32.2. The molecule has 0 saturated carbocycles. The third-order valence-electron chi connectivity index (χ3n) is 6.03. The zero-order valence-electron chi connectivity index (χ0n) is 20.9. The van der Waals surface area contributed by atoms with Crippen LogP contribution >= 0.6 is 11.8 Å². The van der Waals surface area contributed by atoms with Crippen LogP contribution in [-0.4, -0.2) is 5.97 Å². The van der Waals surface area contributed by atoms with Crippen LogP contribution in [0.3, 0.4) is 0 Å². The van der Waals surface area contributed by atoms with E-state index in [9.17, 15) is 18.0 Å². The number of alkyl halides is 3. The first-order valence-corrected chi connectivity index (χ1v) is 12.9. The molecule has 0 unspecified atom stereocenters. The second kappa shape index (κ2) is 12.3. The molecule has 7 heteroatoms. The normalized spacial score (nSPS) is 12.3. The van der Waals surface area contributed by atoms with Crippen LogP contribution in [0.25, 0.3) is 11.1 Å². The number of carbonyl (C=O) groups excluding carboxylic acids is 1. The van der Waals surface area contributed by atoms with Crippen molar-refractivity contribution in [3.63, 3.8) is 0 Å². The molecule has 0 aliphatic rings. The first-order valence-electron chi connectivity index (χ1n) is 12.1. The lowest BCUT2D eigenvalue weighted by Crippen LogP contribution is -2.05. The molecule has 1 atom stereocenters. The zero-order chi connectivity index (χ0) is 26.3. The minimum absolute atomic E-state index is 0.219. The van der Waals surface area contributed by atoms with Gasteiger partial charge in [0.25, 0.3) is 0 Å². The highest BCUT2D eigenvalue weighted by Crippen LogP contribution is 2.43. The van der Waals surface area contributed by atoms with Gasteiger partial charge in [-0.25, -0.2) is 4.79 Å². The van der Waals surface area contributed by atoms with E-state index < -0.39 is 17.7 Å². The van der Waals surface area contributed by atoms with Crippen molar-refractivity contribution in [2.75, 3.05) is 0 Å². The van der Waals surface area contributed by atoms with Gasteiger partial charge in [0.05, 0.1) is 5.56 Å². The number of thioether (sulfide) groups is 1. The molecule has 0 aromatic heterocycles. The Kier molecular flexibility index (Phi) is 9.49. The van der Waals surface area contributed by atoms with Gasteiger partial charge >= 0.3 is 12.1 Å². The van der Waals surface area contributed by atoms with Crippen LogP contribution in [0.15, 0.2) is 65.6 Å². The van der Waals surface area contributed by atoms with E-state index in [1.807, 2.05) is 31.2 Å². The molecule has 0 radical (unpaired) electrons. The monoisotopic (exact) mass is 516 g/mol. The number of carbonyl (C=O) groups is 1. The van der Waals surface area contributed by atoms with Crippen molar-refractivity contribution in [2.45, 2.75) is 69.7 Å². The molecular weight excluding hydrogens is 485 g/mol. The van der Waals surface area contributed by atoms with Crippen LogP contribution in [-0.2, 0) is 22.3 Å². The first-order chi connectivity index (χ1) is 17.1. The van der Waals surface area contributed by atoms with Gasteiger partial charge in [0.2, 0.25) is 0 Å². The van der Waals surface area contributed by atoms with E-state index in [2.05, 4.69) is 26.0 Å². The molecule has 3 aromatic carbocycles. The van der Waals surface area contributed by atoms with Crippen molar-refractivity contribution in [2.24, 2.45) is 0 Å². The highest BCUT2D eigenvalue weighted by Gasteiger charge is 2.30. The van der Waals surface area contributed by atoms with Gasteiger partial charge in [0.15, 0.2) is 5.75 Å². The van der Waals surface area contributed by atoms with Crippen molar-refractivity contribution >= 4 is 17.7 Å². The molecule has 0 spiro atoms. The molecule has 3 aromatic rings. The SMILES string of the molecule is CCCC[C@H](Sc1ccc(OOC(C)=O)c(C)c1CC)c1ccc(-c2ccc(C(F)(F)F)cc2)cc1. The van der Waals surface area contributed by atoms with Gasteiger partial charge in [0, 0.05) is 22.6 Å². The van der Waals surface area contributed by atoms with Crippen molar-refractivity contribution in [3.05, 3.63) is 82.9 Å². The Labute approximate surface area is 214 Å². The summed E-state index contributed by atoms with van der Waals surface area (Å²) in [4.78, 5) is 22.2. The Morgan fingerprint density at radius 2 is 1.56 bits per heavy atom. The van der Waals surface area contributed by atoms with Crippen molar-refractivity contribution in [1.82, 2.24) is 0 Å². The lowest BCUT2D eigenvalue weighted by atomic mass is 10.00. The third-order valence-corrected chi connectivity index (χ3v) is 7.45. The minimum Gasteiger partial charge on any atom is -0.287 e. The molecule has 3 rings (SSSR count). The van der Waals surface area contributed by atoms with Crippen LogP contribution < -0.4 is 4.89 Å². The van der Waals surface area contributed by atoms with Gasteiger partial charge in [-0.2, -0.15) is 13.2 Å². The Bertz CT molecular complexity index is 1160. The third kappa shape index (κ3) is 7.06. The summed E-state index contributed by atoms with van der Waals surface area (Å²) in [7, 11) is 0. The van der Waals surface area contributed by atoms with E-state index in [4.69, 9.17) is 9.78 Å². The molecule has 36 heavy (non-hydrogen) atoms. The van der Waals surface area contributed by atoms with E-state index in [1.165, 1.54) is 24.6 Å². The van der Waals surface area contributed by atoms with Crippen LogP contribution in [0.4, 0.5) is 13.2 Å². The Morgan fingerprint density at radius 1 is 0.944 bits per heavy atom.